The van der Waals surface area contributed by atoms with Crippen LogP contribution in [0.3, 0.4) is 0 Å². The van der Waals surface area contributed by atoms with E-state index in [0.29, 0.717) is 0 Å². The molecule has 0 aliphatic rings. The van der Waals surface area contributed by atoms with Gasteiger partial charge in [0.15, 0.2) is 34.6 Å². The second-order valence-electron chi connectivity index (χ2n) is 6.52. The van der Waals surface area contributed by atoms with Crippen molar-refractivity contribution < 1.29 is 17.9 Å². The lowest BCUT2D eigenvalue weighted by Gasteiger charge is -2.26. The first kappa shape index (κ1) is 19.7. The minimum atomic E-state index is -1.31. The molecule has 0 fully saturated rings. The molecular formula is C19H14ClF3N4O. The zero-order chi connectivity index (χ0) is 20.6. The standard InChI is InChI=1S/C19H14ClF3N4O/c1-19(2,28-16-14(22)7-11(20)8-15(16)23)18-26-25-17(27(18)3)12-5-4-10(9-24)6-13(12)21/h4-8H,1-3H3. The van der Waals surface area contributed by atoms with Gasteiger partial charge in [0, 0.05) is 12.1 Å². The number of benzene rings is 2. The van der Waals surface area contributed by atoms with Crippen molar-refractivity contribution in [3.8, 4) is 23.2 Å². The summed E-state index contributed by atoms with van der Waals surface area (Å²) in [6.07, 6.45) is 0. The predicted octanol–water partition coefficient (Wildman–Crippen LogP) is 4.74. The summed E-state index contributed by atoms with van der Waals surface area (Å²) in [5.41, 5.74) is -1.01. The smallest absolute Gasteiger partial charge is 0.192 e. The molecule has 0 aliphatic heterocycles. The van der Waals surface area contributed by atoms with Gasteiger partial charge >= 0.3 is 0 Å². The van der Waals surface area contributed by atoms with Crippen LogP contribution in [-0.4, -0.2) is 14.8 Å². The Morgan fingerprint density at radius 1 is 1.07 bits per heavy atom. The molecule has 28 heavy (non-hydrogen) atoms. The Kier molecular flexibility index (Phi) is 5.04. The Labute approximate surface area is 164 Å². The fourth-order valence-electron chi connectivity index (χ4n) is 2.78. The summed E-state index contributed by atoms with van der Waals surface area (Å²) in [5, 5.41) is 16.7. The number of nitriles is 1. The van der Waals surface area contributed by atoms with Crippen molar-refractivity contribution >= 4 is 11.6 Å². The minimum absolute atomic E-state index is 0.0996. The normalized spacial score (nSPS) is 11.4. The van der Waals surface area contributed by atoms with Gasteiger partial charge in [0.05, 0.1) is 17.2 Å². The number of aromatic nitrogens is 3. The quantitative estimate of drug-likeness (QED) is 0.628. The van der Waals surface area contributed by atoms with Crippen molar-refractivity contribution in [1.82, 2.24) is 14.8 Å². The third kappa shape index (κ3) is 3.53. The van der Waals surface area contributed by atoms with Crippen LogP contribution >= 0.6 is 11.6 Å². The Bertz CT molecular complexity index is 1080. The maximum Gasteiger partial charge on any atom is 0.192 e. The number of hydrogen-bond acceptors (Lipinski definition) is 4. The third-order valence-corrected chi connectivity index (χ3v) is 4.29. The van der Waals surface area contributed by atoms with Gasteiger partial charge in [0.2, 0.25) is 0 Å². The van der Waals surface area contributed by atoms with Crippen LogP contribution in [0.25, 0.3) is 11.4 Å². The van der Waals surface area contributed by atoms with Gasteiger partial charge in [-0.2, -0.15) is 5.26 Å². The number of nitrogens with zero attached hydrogens (tertiary/aromatic N) is 4. The highest BCUT2D eigenvalue weighted by atomic mass is 35.5. The second-order valence-corrected chi connectivity index (χ2v) is 6.96. The Morgan fingerprint density at radius 3 is 2.29 bits per heavy atom. The first-order chi connectivity index (χ1) is 13.1. The average Bonchev–Trinajstić information content (AvgIpc) is 3.00. The molecule has 0 spiro atoms. The summed E-state index contributed by atoms with van der Waals surface area (Å²) in [6, 6.07) is 7.67. The number of hydrogen-bond donors (Lipinski definition) is 0. The molecule has 0 unspecified atom stereocenters. The van der Waals surface area contributed by atoms with Gasteiger partial charge in [-0.25, -0.2) is 13.2 Å². The van der Waals surface area contributed by atoms with Crippen LogP contribution in [0, 0.1) is 28.8 Å². The maximum atomic E-state index is 14.3. The summed E-state index contributed by atoms with van der Waals surface area (Å²) < 4.78 is 49.5. The highest BCUT2D eigenvalue weighted by Gasteiger charge is 2.32. The van der Waals surface area contributed by atoms with Crippen LogP contribution in [0.1, 0.15) is 25.2 Å². The van der Waals surface area contributed by atoms with E-state index < -0.39 is 28.8 Å². The molecule has 0 atom stereocenters. The minimum Gasteiger partial charge on any atom is -0.474 e. The van der Waals surface area contributed by atoms with Gasteiger partial charge in [-0.15, -0.1) is 10.2 Å². The number of ether oxygens (including phenoxy) is 1. The molecule has 0 bridgehead atoms. The molecule has 0 N–H and O–H groups in total. The molecule has 2 aromatic carbocycles. The van der Waals surface area contributed by atoms with Crippen molar-refractivity contribution in [2.75, 3.05) is 0 Å². The lowest BCUT2D eigenvalue weighted by atomic mass is 10.1. The van der Waals surface area contributed by atoms with Crippen molar-refractivity contribution in [3.05, 3.63) is 64.2 Å². The van der Waals surface area contributed by atoms with Gasteiger partial charge in [-0.1, -0.05) is 11.6 Å². The van der Waals surface area contributed by atoms with Crippen molar-refractivity contribution in [1.29, 1.82) is 5.26 Å². The van der Waals surface area contributed by atoms with E-state index in [1.54, 1.807) is 20.9 Å². The average molecular weight is 407 g/mol. The van der Waals surface area contributed by atoms with Crippen LogP contribution in [0.15, 0.2) is 30.3 Å². The monoisotopic (exact) mass is 406 g/mol. The summed E-state index contributed by atoms with van der Waals surface area (Å²) >= 11 is 5.63. The molecule has 1 heterocycles. The second kappa shape index (κ2) is 7.17. The molecule has 0 saturated heterocycles. The van der Waals surface area contributed by atoms with Gasteiger partial charge in [0.1, 0.15) is 5.82 Å². The largest absolute Gasteiger partial charge is 0.474 e. The molecule has 9 heteroatoms. The Hall–Kier alpha value is -3.05. The van der Waals surface area contributed by atoms with Crippen molar-refractivity contribution in [3.63, 3.8) is 0 Å². The van der Waals surface area contributed by atoms with E-state index in [1.807, 2.05) is 6.07 Å². The van der Waals surface area contributed by atoms with E-state index in [-0.39, 0.29) is 27.8 Å². The molecule has 3 aromatic rings. The van der Waals surface area contributed by atoms with Crippen LogP contribution < -0.4 is 4.74 Å². The highest BCUT2D eigenvalue weighted by molar-refractivity contribution is 6.30. The van der Waals surface area contributed by atoms with E-state index in [4.69, 9.17) is 21.6 Å². The van der Waals surface area contributed by atoms with Crippen LogP contribution in [0.4, 0.5) is 13.2 Å². The molecular weight excluding hydrogens is 393 g/mol. The SMILES string of the molecule is Cn1c(-c2ccc(C#N)cc2F)nnc1C(C)(C)Oc1c(F)cc(Cl)cc1F. The summed E-state index contributed by atoms with van der Waals surface area (Å²) in [4.78, 5) is 0. The highest BCUT2D eigenvalue weighted by Crippen LogP contribution is 2.33. The van der Waals surface area contributed by atoms with Gasteiger partial charge in [-0.05, 0) is 44.2 Å². The summed E-state index contributed by atoms with van der Waals surface area (Å²) in [6.45, 7) is 3.09. The van der Waals surface area contributed by atoms with E-state index in [2.05, 4.69) is 10.2 Å². The molecule has 0 radical (unpaired) electrons. The fraction of sp³-hybridized carbons (Fsp3) is 0.211. The van der Waals surface area contributed by atoms with Gasteiger partial charge in [-0.3, -0.25) is 0 Å². The van der Waals surface area contributed by atoms with Gasteiger partial charge < -0.3 is 9.30 Å². The molecule has 0 aliphatic carbocycles. The van der Waals surface area contributed by atoms with E-state index >= 15 is 0 Å². The zero-order valence-corrected chi connectivity index (χ0v) is 15.9. The fourth-order valence-corrected chi connectivity index (χ4v) is 2.97. The molecule has 0 saturated carbocycles. The molecule has 5 nitrogen and oxygen atoms in total. The first-order valence-corrected chi connectivity index (χ1v) is 8.45. The van der Waals surface area contributed by atoms with E-state index in [1.165, 1.54) is 16.7 Å². The molecule has 1 aromatic heterocycles. The third-order valence-electron chi connectivity index (χ3n) is 4.07. The summed E-state index contributed by atoms with van der Waals surface area (Å²) in [5.74, 6) is -2.79. The molecule has 3 rings (SSSR count). The number of halogens is 4. The van der Waals surface area contributed by atoms with Crippen molar-refractivity contribution in [2.45, 2.75) is 19.4 Å². The number of rotatable bonds is 4. The van der Waals surface area contributed by atoms with Crippen molar-refractivity contribution in [2.24, 2.45) is 7.05 Å². The van der Waals surface area contributed by atoms with Crippen LogP contribution in [0.2, 0.25) is 5.02 Å². The Balaban J connectivity index is 2.00. The lowest BCUT2D eigenvalue weighted by Crippen LogP contribution is -2.30. The van der Waals surface area contributed by atoms with Crippen LogP contribution in [0.5, 0.6) is 5.75 Å². The molecule has 144 valence electrons. The topological polar surface area (TPSA) is 63.7 Å². The Morgan fingerprint density at radius 2 is 1.71 bits per heavy atom. The zero-order valence-electron chi connectivity index (χ0n) is 15.1. The predicted molar refractivity (Wildman–Crippen MR) is 96.1 cm³/mol. The molecule has 0 amide bonds. The lowest BCUT2D eigenvalue weighted by molar-refractivity contribution is 0.0836. The summed E-state index contributed by atoms with van der Waals surface area (Å²) in [7, 11) is 1.57. The van der Waals surface area contributed by atoms with E-state index in [0.717, 1.165) is 18.2 Å². The van der Waals surface area contributed by atoms with E-state index in [9.17, 15) is 13.2 Å². The van der Waals surface area contributed by atoms with Gasteiger partial charge in [0.25, 0.3) is 0 Å². The maximum absolute atomic E-state index is 14.3. The first-order valence-electron chi connectivity index (χ1n) is 8.07. The van der Waals surface area contributed by atoms with Crippen LogP contribution in [-0.2, 0) is 12.6 Å².